The van der Waals surface area contributed by atoms with Crippen LogP contribution in [-0.2, 0) is 19.6 Å². The molecule has 3 rings (SSSR count). The molecule has 0 fully saturated rings. The van der Waals surface area contributed by atoms with Crippen LogP contribution in [0.4, 0.5) is 0 Å². The van der Waals surface area contributed by atoms with E-state index in [2.05, 4.69) is 87.5 Å². The van der Waals surface area contributed by atoms with Crippen molar-refractivity contribution in [1.29, 1.82) is 0 Å². The minimum atomic E-state index is 0.413. The fourth-order valence-corrected chi connectivity index (χ4v) is 3.82. The molecule has 0 amide bonds. The van der Waals surface area contributed by atoms with Crippen molar-refractivity contribution in [2.75, 3.05) is 0 Å². The zero-order valence-corrected chi connectivity index (χ0v) is 16.6. The van der Waals surface area contributed by atoms with E-state index in [0.29, 0.717) is 11.7 Å². The second-order valence-corrected chi connectivity index (χ2v) is 7.68. The van der Waals surface area contributed by atoms with Gasteiger partial charge in [-0.05, 0) is 30.0 Å². The third kappa shape index (κ3) is 4.99. The Bertz CT molecular complexity index is 815. The van der Waals surface area contributed by atoms with E-state index < -0.39 is 0 Å². The summed E-state index contributed by atoms with van der Waals surface area (Å²) >= 11 is 0. The van der Waals surface area contributed by atoms with Crippen LogP contribution in [0.15, 0.2) is 72.8 Å². The molecule has 3 aromatic carbocycles. The summed E-state index contributed by atoms with van der Waals surface area (Å²) in [6.07, 6.45) is 0. The minimum absolute atomic E-state index is 0.413. The topological polar surface area (TPSA) is 24.7 Å². The van der Waals surface area contributed by atoms with Crippen LogP contribution in [-0.4, -0.2) is 5.11 Å². The van der Waals surface area contributed by atoms with E-state index in [9.17, 15) is 5.11 Å². The second-order valence-electron chi connectivity index (χ2n) is 7.68. The number of nitrogens with one attached hydrogen (secondary N) is 1. The first-order valence-corrected chi connectivity index (χ1v) is 9.77. The number of quaternary nitrogens is 1. The lowest BCUT2D eigenvalue weighted by Crippen LogP contribution is -3.08. The highest BCUT2D eigenvalue weighted by atomic mass is 16.3. The van der Waals surface area contributed by atoms with Gasteiger partial charge in [-0.15, -0.1) is 0 Å². The van der Waals surface area contributed by atoms with Crippen LogP contribution < -0.4 is 4.90 Å². The molecule has 0 unspecified atom stereocenters. The Morgan fingerprint density at radius 1 is 0.741 bits per heavy atom. The third-order valence-electron chi connectivity index (χ3n) is 5.26. The van der Waals surface area contributed by atoms with E-state index in [1.54, 1.807) is 0 Å². The van der Waals surface area contributed by atoms with Gasteiger partial charge in [-0.25, -0.2) is 0 Å². The Hall–Kier alpha value is -2.58. The number of benzene rings is 3. The van der Waals surface area contributed by atoms with Crippen LogP contribution in [0.1, 0.15) is 47.6 Å². The molecule has 2 nitrogen and oxygen atoms in total. The average Bonchev–Trinajstić information content (AvgIpc) is 2.66. The smallest absolute Gasteiger partial charge is 0.124 e. The molecule has 27 heavy (non-hydrogen) atoms. The molecule has 0 spiro atoms. The highest BCUT2D eigenvalue weighted by Crippen LogP contribution is 2.28. The molecule has 2 N–H and O–H groups in total. The second kappa shape index (κ2) is 8.88. The van der Waals surface area contributed by atoms with Gasteiger partial charge in [0.15, 0.2) is 0 Å². The highest BCUT2D eigenvalue weighted by Gasteiger charge is 2.18. The lowest BCUT2D eigenvalue weighted by molar-refractivity contribution is -0.941. The van der Waals surface area contributed by atoms with Crippen LogP contribution in [0, 0.1) is 6.92 Å². The molecule has 3 aromatic rings. The van der Waals surface area contributed by atoms with E-state index >= 15 is 0 Å². The van der Waals surface area contributed by atoms with Crippen LogP contribution in [0.5, 0.6) is 5.75 Å². The van der Waals surface area contributed by atoms with E-state index in [-0.39, 0.29) is 0 Å². The number of hydrogen-bond acceptors (Lipinski definition) is 1. The molecule has 140 valence electrons. The van der Waals surface area contributed by atoms with Gasteiger partial charge in [-0.1, -0.05) is 80.6 Å². The molecule has 0 bridgehead atoms. The van der Waals surface area contributed by atoms with Crippen molar-refractivity contribution >= 4 is 0 Å². The third-order valence-corrected chi connectivity index (χ3v) is 5.26. The van der Waals surface area contributed by atoms with Gasteiger partial charge in [0.1, 0.15) is 25.4 Å². The minimum Gasteiger partial charge on any atom is -0.507 e. The van der Waals surface area contributed by atoms with Gasteiger partial charge in [0.05, 0.1) is 5.56 Å². The summed E-state index contributed by atoms with van der Waals surface area (Å²) in [5, 5.41) is 10.6. The zero-order valence-electron chi connectivity index (χ0n) is 16.6. The van der Waals surface area contributed by atoms with Gasteiger partial charge in [0.2, 0.25) is 0 Å². The lowest BCUT2D eigenvalue weighted by atomic mass is 9.93. The molecular formula is C25H30NO+. The first-order valence-electron chi connectivity index (χ1n) is 9.77. The Labute approximate surface area is 163 Å². The Morgan fingerprint density at radius 2 is 1.26 bits per heavy atom. The van der Waals surface area contributed by atoms with Crippen molar-refractivity contribution in [2.45, 2.75) is 46.3 Å². The maximum atomic E-state index is 10.6. The zero-order chi connectivity index (χ0) is 19.2. The van der Waals surface area contributed by atoms with Crippen molar-refractivity contribution < 1.29 is 10.0 Å². The van der Waals surface area contributed by atoms with Crippen molar-refractivity contribution in [1.82, 2.24) is 0 Å². The monoisotopic (exact) mass is 360 g/mol. The molecule has 0 aliphatic carbocycles. The van der Waals surface area contributed by atoms with Crippen LogP contribution in [0.25, 0.3) is 0 Å². The molecule has 0 saturated carbocycles. The van der Waals surface area contributed by atoms with Crippen molar-refractivity contribution in [3.05, 3.63) is 101 Å². The summed E-state index contributed by atoms with van der Waals surface area (Å²) in [7, 11) is 0. The normalized spacial score (nSPS) is 11.3. The highest BCUT2D eigenvalue weighted by molar-refractivity contribution is 5.44. The molecule has 0 heterocycles. The van der Waals surface area contributed by atoms with Gasteiger partial charge in [-0.3, -0.25) is 0 Å². The predicted octanol–water partition coefficient (Wildman–Crippen LogP) is 4.61. The maximum Gasteiger partial charge on any atom is 0.124 e. The number of hydrogen-bond donors (Lipinski definition) is 2. The Balaban J connectivity index is 1.90. The van der Waals surface area contributed by atoms with Crippen LogP contribution in [0.2, 0.25) is 0 Å². The van der Waals surface area contributed by atoms with Gasteiger partial charge < -0.3 is 10.0 Å². The van der Waals surface area contributed by atoms with Gasteiger partial charge in [0, 0.05) is 11.1 Å². The molecule has 0 radical (unpaired) electrons. The summed E-state index contributed by atoms with van der Waals surface area (Å²) in [5.74, 6) is 0.867. The average molecular weight is 361 g/mol. The van der Waals surface area contributed by atoms with Crippen molar-refractivity contribution in [3.63, 3.8) is 0 Å². The van der Waals surface area contributed by atoms with Crippen LogP contribution in [0.3, 0.4) is 0 Å². The van der Waals surface area contributed by atoms with Crippen LogP contribution >= 0.6 is 0 Å². The first kappa shape index (κ1) is 19.2. The van der Waals surface area contributed by atoms with Gasteiger partial charge >= 0.3 is 0 Å². The van der Waals surface area contributed by atoms with Gasteiger partial charge in [0.25, 0.3) is 0 Å². The Morgan fingerprint density at radius 3 is 1.74 bits per heavy atom. The Kier molecular flexibility index (Phi) is 6.31. The van der Waals surface area contributed by atoms with E-state index in [0.717, 1.165) is 25.2 Å². The summed E-state index contributed by atoms with van der Waals surface area (Å²) < 4.78 is 0. The lowest BCUT2D eigenvalue weighted by Gasteiger charge is -2.23. The summed E-state index contributed by atoms with van der Waals surface area (Å²) in [5.41, 5.74) is 6.26. The number of rotatable bonds is 7. The molecule has 0 aromatic heterocycles. The van der Waals surface area contributed by atoms with E-state index in [1.165, 1.54) is 27.2 Å². The molecule has 2 heteroatoms. The fourth-order valence-electron chi connectivity index (χ4n) is 3.82. The molecular weight excluding hydrogens is 330 g/mol. The fraction of sp³-hybridized carbons (Fsp3) is 0.280. The maximum absolute atomic E-state index is 10.6. The molecule has 0 atom stereocenters. The van der Waals surface area contributed by atoms with E-state index in [4.69, 9.17) is 0 Å². The number of phenols is 1. The number of aromatic hydroxyl groups is 1. The largest absolute Gasteiger partial charge is 0.507 e. The summed E-state index contributed by atoms with van der Waals surface area (Å²) in [6, 6.07) is 25.2. The molecule has 0 saturated heterocycles. The molecule has 0 aliphatic heterocycles. The summed E-state index contributed by atoms with van der Waals surface area (Å²) in [4.78, 5) is 1.42. The van der Waals surface area contributed by atoms with Crippen molar-refractivity contribution in [2.24, 2.45) is 0 Å². The summed E-state index contributed by atoms with van der Waals surface area (Å²) in [6.45, 7) is 9.24. The quantitative estimate of drug-likeness (QED) is 0.632. The first-order chi connectivity index (χ1) is 13.0. The van der Waals surface area contributed by atoms with Crippen molar-refractivity contribution in [3.8, 4) is 5.75 Å². The standard InChI is InChI=1S/C25H29NO/c1-19(2)23-14-15-25(27)24(20(23)3)18-26(16-21-10-6-4-7-11-21)17-22-12-8-5-9-13-22/h4-15,19,27H,16-18H2,1-3H3/p+1. The van der Waals surface area contributed by atoms with E-state index in [1.807, 2.05) is 6.07 Å². The number of phenolic OH excluding ortho intramolecular Hbond substituents is 1. The van der Waals surface area contributed by atoms with Gasteiger partial charge in [-0.2, -0.15) is 0 Å². The SMILES string of the molecule is Cc1c(C(C)C)ccc(O)c1C[NH+](Cc1ccccc1)Cc1ccccc1. The predicted molar refractivity (Wildman–Crippen MR) is 112 cm³/mol. The molecule has 0 aliphatic rings.